The molecule has 1 N–H and O–H groups in total. The van der Waals surface area contributed by atoms with Gasteiger partial charge < -0.3 is 5.32 Å². The highest BCUT2D eigenvalue weighted by Crippen LogP contribution is 2.25. The Bertz CT molecular complexity index is 1170. The Labute approximate surface area is 182 Å². The third-order valence-corrected chi connectivity index (χ3v) is 9.04. The molecule has 1 aromatic heterocycles. The maximum Gasteiger partial charge on any atom is 0.246 e. The van der Waals surface area contributed by atoms with Gasteiger partial charge in [0.1, 0.15) is 4.90 Å². The maximum atomic E-state index is 13.2. The predicted octanol–water partition coefficient (Wildman–Crippen LogP) is 1.16. The summed E-state index contributed by atoms with van der Waals surface area (Å²) >= 11 is 0. The molecule has 1 aliphatic heterocycles. The van der Waals surface area contributed by atoms with Gasteiger partial charge in [-0.25, -0.2) is 16.8 Å². The van der Waals surface area contributed by atoms with Crippen molar-refractivity contribution in [1.29, 1.82) is 0 Å². The number of sulfonamides is 2. The van der Waals surface area contributed by atoms with Crippen molar-refractivity contribution in [2.45, 2.75) is 36.5 Å². The lowest BCUT2D eigenvalue weighted by molar-refractivity contribution is -0.115. The van der Waals surface area contributed by atoms with Crippen molar-refractivity contribution >= 4 is 31.6 Å². The van der Waals surface area contributed by atoms with Crippen LogP contribution in [0.25, 0.3) is 0 Å². The summed E-state index contributed by atoms with van der Waals surface area (Å²) in [6, 6.07) is 4.66. The number of aryl methyl sites for hydroxylation is 2. The highest BCUT2D eigenvalue weighted by Gasteiger charge is 2.32. The summed E-state index contributed by atoms with van der Waals surface area (Å²) in [5.74, 6) is -0.155. The Hall–Kier alpha value is -2.28. The fourth-order valence-corrected chi connectivity index (χ4v) is 6.57. The number of nitrogens with one attached hydrogen (secondary N) is 1. The molecule has 0 bridgehead atoms. The zero-order valence-electron chi connectivity index (χ0n) is 17.8. The molecule has 1 aromatic carbocycles. The van der Waals surface area contributed by atoms with Crippen LogP contribution in [0.2, 0.25) is 0 Å². The average molecular weight is 470 g/mol. The van der Waals surface area contributed by atoms with E-state index in [0.29, 0.717) is 24.1 Å². The van der Waals surface area contributed by atoms with Crippen LogP contribution in [-0.4, -0.2) is 67.3 Å². The Balaban J connectivity index is 1.78. The van der Waals surface area contributed by atoms with Crippen molar-refractivity contribution in [2.24, 2.45) is 7.05 Å². The summed E-state index contributed by atoms with van der Waals surface area (Å²) < 4.78 is 56.2. The number of aromatic nitrogens is 2. The minimum Gasteiger partial charge on any atom is -0.326 e. The van der Waals surface area contributed by atoms with Crippen molar-refractivity contribution in [1.82, 2.24) is 18.4 Å². The Kier molecular flexibility index (Phi) is 6.84. The summed E-state index contributed by atoms with van der Waals surface area (Å²) in [6.45, 7) is 3.96. The molecule has 0 unspecified atom stereocenters. The van der Waals surface area contributed by atoms with Gasteiger partial charge in [-0.15, -0.1) is 0 Å². The van der Waals surface area contributed by atoms with E-state index in [2.05, 4.69) is 10.4 Å². The molecule has 12 heteroatoms. The molecule has 0 spiro atoms. The van der Waals surface area contributed by atoms with Crippen LogP contribution in [0.15, 0.2) is 40.4 Å². The number of rotatable bonds is 6. The first-order valence-electron chi connectivity index (χ1n) is 9.95. The number of carbonyl (C=O) groups is 1. The second kappa shape index (κ2) is 9.07. The van der Waals surface area contributed by atoms with Crippen molar-refractivity contribution in [2.75, 3.05) is 31.5 Å². The van der Waals surface area contributed by atoms with Crippen LogP contribution in [-0.2, 0) is 31.9 Å². The van der Waals surface area contributed by atoms with E-state index in [1.54, 1.807) is 33.0 Å². The van der Waals surface area contributed by atoms with Crippen molar-refractivity contribution in [3.63, 3.8) is 0 Å². The lowest BCUT2D eigenvalue weighted by Crippen LogP contribution is -2.37. The van der Waals surface area contributed by atoms with E-state index in [1.165, 1.54) is 31.8 Å². The molecule has 10 nitrogen and oxygen atoms in total. The van der Waals surface area contributed by atoms with Gasteiger partial charge in [-0.2, -0.15) is 13.7 Å². The smallest absolute Gasteiger partial charge is 0.246 e. The Morgan fingerprint density at radius 3 is 2.26 bits per heavy atom. The van der Waals surface area contributed by atoms with Gasteiger partial charge >= 0.3 is 0 Å². The first kappa shape index (κ1) is 23.4. The summed E-state index contributed by atoms with van der Waals surface area (Å²) in [6.07, 6.45) is 3.42. The van der Waals surface area contributed by atoms with E-state index in [-0.39, 0.29) is 41.9 Å². The van der Waals surface area contributed by atoms with Crippen LogP contribution in [0.3, 0.4) is 0 Å². The number of anilines is 1. The molecule has 2 aromatic rings. The summed E-state index contributed by atoms with van der Waals surface area (Å²) in [5.41, 5.74) is 1.05. The number of nitrogens with zero attached hydrogens (tertiary/aromatic N) is 4. The summed E-state index contributed by atoms with van der Waals surface area (Å²) in [4.78, 5) is 11.8. The van der Waals surface area contributed by atoms with Gasteiger partial charge in [0.15, 0.2) is 0 Å². The first-order valence-corrected chi connectivity index (χ1v) is 12.8. The second-order valence-corrected chi connectivity index (χ2v) is 11.2. The molecule has 1 aliphatic rings. The van der Waals surface area contributed by atoms with E-state index in [1.807, 2.05) is 0 Å². The van der Waals surface area contributed by atoms with Gasteiger partial charge in [-0.05, 0) is 37.1 Å². The Morgan fingerprint density at radius 2 is 1.71 bits per heavy atom. The molecule has 1 saturated heterocycles. The lowest BCUT2D eigenvalue weighted by Gasteiger charge is -2.22. The third-order valence-electron chi connectivity index (χ3n) is 5.13. The van der Waals surface area contributed by atoms with Gasteiger partial charge in [-0.3, -0.25) is 9.48 Å². The van der Waals surface area contributed by atoms with Crippen molar-refractivity contribution in [3.05, 3.63) is 36.2 Å². The van der Waals surface area contributed by atoms with E-state index in [9.17, 15) is 21.6 Å². The first-order chi connectivity index (χ1) is 14.6. The van der Waals surface area contributed by atoms with Gasteiger partial charge in [0, 0.05) is 51.5 Å². The van der Waals surface area contributed by atoms with Crippen LogP contribution in [0.4, 0.5) is 5.69 Å². The van der Waals surface area contributed by atoms with Crippen LogP contribution >= 0.6 is 0 Å². The highest BCUT2D eigenvalue weighted by atomic mass is 32.2. The maximum absolute atomic E-state index is 13.2. The van der Waals surface area contributed by atoms with Crippen molar-refractivity contribution in [3.8, 4) is 0 Å². The molecule has 1 fully saturated rings. The zero-order valence-corrected chi connectivity index (χ0v) is 19.4. The molecule has 31 heavy (non-hydrogen) atoms. The number of carbonyl (C=O) groups excluding carboxylic acids is 1. The molecule has 1 amide bonds. The monoisotopic (exact) mass is 469 g/mol. The second-order valence-electron chi connectivity index (χ2n) is 7.39. The summed E-state index contributed by atoms with van der Waals surface area (Å²) in [5, 5.41) is 6.63. The fraction of sp³-hybridized carbons (Fsp3) is 0.474. The lowest BCUT2D eigenvalue weighted by atomic mass is 10.2. The molecule has 3 rings (SSSR count). The predicted molar refractivity (Wildman–Crippen MR) is 115 cm³/mol. The zero-order chi connectivity index (χ0) is 22.8. The minimum atomic E-state index is -3.81. The molecule has 0 radical (unpaired) electrons. The van der Waals surface area contributed by atoms with Gasteiger partial charge in [0.2, 0.25) is 26.0 Å². The van der Waals surface area contributed by atoms with Gasteiger partial charge in [0.25, 0.3) is 0 Å². The highest BCUT2D eigenvalue weighted by molar-refractivity contribution is 7.89. The van der Waals surface area contributed by atoms with E-state index in [4.69, 9.17) is 0 Å². The van der Waals surface area contributed by atoms with Crippen LogP contribution in [0, 0.1) is 6.92 Å². The third kappa shape index (κ3) is 4.97. The number of benzene rings is 1. The largest absolute Gasteiger partial charge is 0.326 e. The SMILES string of the molecule is CCC(=O)Nc1ccc(S(=O)(=O)N2CCCN(S(=O)(=O)c3cnn(C)c3)CC2)c(C)c1. The van der Waals surface area contributed by atoms with Crippen LogP contribution < -0.4 is 5.32 Å². The normalized spacial score (nSPS) is 16.7. The van der Waals surface area contributed by atoms with E-state index >= 15 is 0 Å². The van der Waals surface area contributed by atoms with Gasteiger partial charge in [0.05, 0.1) is 11.1 Å². The molecular weight excluding hydrogens is 442 g/mol. The molecule has 2 heterocycles. The molecular formula is C19H27N5O5S2. The van der Waals surface area contributed by atoms with E-state index < -0.39 is 20.0 Å². The van der Waals surface area contributed by atoms with Gasteiger partial charge in [-0.1, -0.05) is 6.92 Å². The molecule has 170 valence electrons. The number of hydrogen-bond donors (Lipinski definition) is 1. The number of hydrogen-bond acceptors (Lipinski definition) is 6. The van der Waals surface area contributed by atoms with Crippen LogP contribution in [0.1, 0.15) is 25.3 Å². The topological polar surface area (TPSA) is 122 Å². The molecule has 0 aliphatic carbocycles. The van der Waals surface area contributed by atoms with Crippen LogP contribution in [0.5, 0.6) is 0 Å². The minimum absolute atomic E-state index is 0.0512. The Morgan fingerprint density at radius 1 is 1.06 bits per heavy atom. The van der Waals surface area contributed by atoms with E-state index in [0.717, 1.165) is 0 Å². The fourth-order valence-electron chi connectivity index (χ4n) is 3.44. The number of amides is 1. The quantitative estimate of drug-likeness (QED) is 0.678. The standard InChI is InChI=1S/C19H27N5O5S2/c1-4-19(25)21-16-6-7-18(15(2)12-16)31(28,29)24-9-5-8-23(10-11-24)30(26,27)17-13-20-22(3)14-17/h6-7,12-14H,4-5,8-11H2,1-3H3,(H,21,25). The average Bonchev–Trinajstić information content (AvgIpc) is 2.99. The molecule has 0 saturated carbocycles. The molecule has 0 atom stereocenters. The van der Waals surface area contributed by atoms with Crippen molar-refractivity contribution < 1.29 is 21.6 Å². The summed E-state index contributed by atoms with van der Waals surface area (Å²) in [7, 11) is -5.92.